The van der Waals surface area contributed by atoms with E-state index < -0.39 is 0 Å². The first-order chi connectivity index (χ1) is 28.2. The van der Waals surface area contributed by atoms with Gasteiger partial charge in [0.2, 0.25) is 0 Å². The zero-order valence-corrected chi connectivity index (χ0v) is 40.6. The van der Waals surface area contributed by atoms with E-state index in [9.17, 15) is 0 Å². The van der Waals surface area contributed by atoms with Crippen molar-refractivity contribution < 1.29 is 0 Å². The van der Waals surface area contributed by atoms with Crippen molar-refractivity contribution in [3.05, 3.63) is 34.4 Å². The standard InChI is InChI=1S/C57H108/c1-6-11-15-19-23-27-28-29-33-35-38-42-47-53(46-10-5)56-52-51-54(48-43-39-34-30-24-20-16-12-7-2)55(49-44-40-36-31-25-21-17-13-8-3)57(56)50-45-41-37-32-26-22-18-14-9-4/h51-53H,6-50H2,1-5H3. The molecule has 0 N–H and O–H groups in total. The number of hydrogen-bond acceptors (Lipinski definition) is 0. The maximum Gasteiger partial charge on any atom is -0.0159 e. The molecule has 0 fully saturated rings. The first kappa shape index (κ1) is 54.2. The van der Waals surface area contributed by atoms with Crippen molar-refractivity contribution in [2.75, 3.05) is 0 Å². The summed E-state index contributed by atoms with van der Waals surface area (Å²) < 4.78 is 0. The molecular formula is C57H108. The van der Waals surface area contributed by atoms with Crippen LogP contribution in [0.15, 0.2) is 12.1 Å². The number of rotatable bonds is 46. The Morgan fingerprint density at radius 2 is 0.561 bits per heavy atom. The minimum atomic E-state index is 0.773. The second-order valence-electron chi connectivity index (χ2n) is 19.2. The molecule has 1 unspecified atom stereocenters. The van der Waals surface area contributed by atoms with Gasteiger partial charge < -0.3 is 0 Å². The van der Waals surface area contributed by atoms with Gasteiger partial charge in [-0.25, -0.2) is 0 Å². The lowest BCUT2D eigenvalue weighted by molar-refractivity contribution is 0.499. The fourth-order valence-electron chi connectivity index (χ4n) is 9.87. The Kier molecular flexibility index (Phi) is 41.2. The molecule has 0 radical (unpaired) electrons. The lowest BCUT2D eigenvalue weighted by atomic mass is 9.80. The van der Waals surface area contributed by atoms with Gasteiger partial charge in [-0.05, 0) is 79.5 Å². The Bertz CT molecular complexity index is 926. The summed E-state index contributed by atoms with van der Waals surface area (Å²) in [5, 5.41) is 0. The average molecular weight is 793 g/mol. The molecule has 0 nitrogen and oxygen atoms in total. The molecule has 1 rings (SSSR count). The lowest BCUT2D eigenvalue weighted by Gasteiger charge is -2.25. The minimum absolute atomic E-state index is 0.773. The molecule has 0 saturated carbocycles. The number of unbranched alkanes of at least 4 members (excludes halogenated alkanes) is 35. The quantitative estimate of drug-likeness (QED) is 0.0577. The third kappa shape index (κ3) is 31.7. The fraction of sp³-hybridized carbons (Fsp3) is 0.895. The molecule has 0 aliphatic rings. The normalized spacial score (nSPS) is 12.2. The molecule has 0 aromatic heterocycles. The van der Waals surface area contributed by atoms with Crippen molar-refractivity contribution in [1.82, 2.24) is 0 Å². The number of aryl methyl sites for hydroxylation is 1. The number of hydrogen-bond donors (Lipinski definition) is 0. The van der Waals surface area contributed by atoms with E-state index in [-0.39, 0.29) is 0 Å². The van der Waals surface area contributed by atoms with E-state index in [2.05, 4.69) is 46.8 Å². The summed E-state index contributed by atoms with van der Waals surface area (Å²) in [5.41, 5.74) is 7.28. The van der Waals surface area contributed by atoms with Crippen LogP contribution < -0.4 is 0 Å². The smallest absolute Gasteiger partial charge is 0.0159 e. The molecule has 336 valence electrons. The Morgan fingerprint density at radius 3 is 0.912 bits per heavy atom. The minimum Gasteiger partial charge on any atom is -0.0654 e. The molecule has 57 heavy (non-hydrogen) atoms. The van der Waals surface area contributed by atoms with E-state index in [1.54, 1.807) is 11.1 Å². The van der Waals surface area contributed by atoms with Crippen molar-refractivity contribution in [2.45, 2.75) is 329 Å². The third-order valence-electron chi connectivity index (χ3n) is 13.7. The zero-order valence-electron chi connectivity index (χ0n) is 40.6. The summed E-state index contributed by atoms with van der Waals surface area (Å²) in [6.07, 6.45) is 64.3. The monoisotopic (exact) mass is 793 g/mol. The first-order valence-electron chi connectivity index (χ1n) is 27.4. The molecule has 1 aromatic rings. The van der Waals surface area contributed by atoms with Gasteiger partial charge in [-0.3, -0.25) is 0 Å². The third-order valence-corrected chi connectivity index (χ3v) is 13.7. The van der Waals surface area contributed by atoms with Gasteiger partial charge in [0.15, 0.2) is 0 Å². The van der Waals surface area contributed by atoms with Crippen molar-refractivity contribution in [3.63, 3.8) is 0 Å². The Balaban J connectivity index is 3.00. The second-order valence-corrected chi connectivity index (χ2v) is 19.2. The Hall–Kier alpha value is -0.780. The maximum absolute atomic E-state index is 2.70. The van der Waals surface area contributed by atoms with Crippen LogP contribution in [0.2, 0.25) is 0 Å². The molecule has 0 saturated heterocycles. The SMILES string of the molecule is CCCCCCCCCCCCCCC(CCC)c1ccc(CCCCCCCCCCC)c(CCCCCCCCCCC)c1CCCCCCCCCCC. The van der Waals surface area contributed by atoms with E-state index in [0.29, 0.717) is 0 Å². The predicted molar refractivity (Wildman–Crippen MR) is 263 cm³/mol. The van der Waals surface area contributed by atoms with Crippen LogP contribution in [-0.4, -0.2) is 0 Å². The van der Waals surface area contributed by atoms with Crippen LogP contribution in [0.5, 0.6) is 0 Å². The van der Waals surface area contributed by atoms with Gasteiger partial charge in [-0.2, -0.15) is 0 Å². The van der Waals surface area contributed by atoms with E-state index >= 15 is 0 Å². The van der Waals surface area contributed by atoms with Gasteiger partial charge in [0.1, 0.15) is 0 Å². The van der Waals surface area contributed by atoms with Crippen LogP contribution in [0.25, 0.3) is 0 Å². The van der Waals surface area contributed by atoms with Gasteiger partial charge in [-0.15, -0.1) is 0 Å². The van der Waals surface area contributed by atoms with E-state index in [1.807, 2.05) is 11.1 Å². The van der Waals surface area contributed by atoms with Crippen LogP contribution >= 0.6 is 0 Å². The highest BCUT2D eigenvalue weighted by Gasteiger charge is 2.20. The summed E-state index contributed by atoms with van der Waals surface area (Å²) in [6, 6.07) is 5.38. The summed E-state index contributed by atoms with van der Waals surface area (Å²) in [6.45, 7) is 11.8. The lowest BCUT2D eigenvalue weighted by Crippen LogP contribution is -2.10. The van der Waals surface area contributed by atoms with Crippen LogP contribution in [0.4, 0.5) is 0 Å². The van der Waals surface area contributed by atoms with E-state index in [1.165, 1.54) is 289 Å². The van der Waals surface area contributed by atoms with Crippen molar-refractivity contribution in [2.24, 2.45) is 0 Å². The molecule has 1 aromatic carbocycles. The van der Waals surface area contributed by atoms with Crippen LogP contribution in [0.3, 0.4) is 0 Å². The van der Waals surface area contributed by atoms with Crippen molar-refractivity contribution in [3.8, 4) is 0 Å². The summed E-state index contributed by atoms with van der Waals surface area (Å²) in [4.78, 5) is 0. The molecule has 0 bridgehead atoms. The van der Waals surface area contributed by atoms with Gasteiger partial charge in [-0.1, -0.05) is 284 Å². The van der Waals surface area contributed by atoms with Gasteiger partial charge in [0.25, 0.3) is 0 Å². The van der Waals surface area contributed by atoms with Gasteiger partial charge in [0.05, 0.1) is 0 Å². The highest BCUT2D eigenvalue weighted by atomic mass is 14.2. The summed E-state index contributed by atoms with van der Waals surface area (Å²) >= 11 is 0. The molecular weight excluding hydrogens is 685 g/mol. The van der Waals surface area contributed by atoms with Crippen molar-refractivity contribution in [1.29, 1.82) is 0 Å². The number of benzene rings is 1. The highest BCUT2D eigenvalue weighted by molar-refractivity contribution is 5.43. The fourth-order valence-corrected chi connectivity index (χ4v) is 9.87. The first-order valence-corrected chi connectivity index (χ1v) is 27.4. The molecule has 0 aliphatic carbocycles. The Morgan fingerprint density at radius 1 is 0.263 bits per heavy atom. The molecule has 0 amide bonds. The van der Waals surface area contributed by atoms with Crippen molar-refractivity contribution >= 4 is 0 Å². The molecule has 0 aliphatic heterocycles. The van der Waals surface area contributed by atoms with Crippen LogP contribution in [-0.2, 0) is 19.3 Å². The molecule has 1 atom stereocenters. The molecule has 0 spiro atoms. The van der Waals surface area contributed by atoms with Gasteiger partial charge in [0, 0.05) is 0 Å². The Labute approximate surface area is 362 Å². The predicted octanol–water partition coefficient (Wildman–Crippen LogP) is 20.9. The topological polar surface area (TPSA) is 0 Å². The molecule has 0 heterocycles. The largest absolute Gasteiger partial charge is 0.0654 e. The average Bonchev–Trinajstić information content (AvgIpc) is 3.22. The van der Waals surface area contributed by atoms with E-state index in [0.717, 1.165) is 5.92 Å². The summed E-state index contributed by atoms with van der Waals surface area (Å²) in [5.74, 6) is 0.773. The maximum atomic E-state index is 2.70. The van der Waals surface area contributed by atoms with Crippen LogP contribution in [0, 0.1) is 0 Å². The summed E-state index contributed by atoms with van der Waals surface area (Å²) in [7, 11) is 0. The zero-order chi connectivity index (χ0) is 41.1. The van der Waals surface area contributed by atoms with E-state index in [4.69, 9.17) is 0 Å². The van der Waals surface area contributed by atoms with Crippen LogP contribution in [0.1, 0.15) is 332 Å². The molecule has 0 heteroatoms. The highest BCUT2D eigenvalue weighted by Crippen LogP contribution is 2.36. The van der Waals surface area contributed by atoms with Gasteiger partial charge >= 0.3 is 0 Å². The second kappa shape index (κ2) is 43.3.